The van der Waals surface area contributed by atoms with Gasteiger partial charge in [0.2, 0.25) is 0 Å². The van der Waals surface area contributed by atoms with Crippen LogP contribution in [-0.4, -0.2) is 13.2 Å². The van der Waals surface area contributed by atoms with Gasteiger partial charge in [-0.25, -0.2) is 4.39 Å². The predicted molar refractivity (Wildman–Crippen MR) is 114 cm³/mol. The first kappa shape index (κ1) is 19.9. The van der Waals surface area contributed by atoms with Gasteiger partial charge in [0, 0.05) is 5.56 Å². The lowest BCUT2D eigenvalue weighted by atomic mass is 9.87. The second-order valence-corrected chi connectivity index (χ2v) is 6.91. The Labute approximate surface area is 167 Å². The summed E-state index contributed by atoms with van der Waals surface area (Å²) in [6, 6.07) is 15.5. The molecule has 1 aliphatic rings. The molecule has 0 saturated heterocycles. The smallest absolute Gasteiger partial charge is 0.134 e. The molecular weight excluding hydrogens is 351 g/mol. The van der Waals surface area contributed by atoms with E-state index in [-0.39, 0.29) is 5.83 Å². The zero-order chi connectivity index (χ0) is 19.8. The first-order valence-electron chi connectivity index (χ1n) is 9.83. The molecule has 0 atom stereocenters. The third kappa shape index (κ3) is 5.13. The molecule has 0 aliphatic heterocycles. The van der Waals surface area contributed by atoms with Crippen molar-refractivity contribution < 1.29 is 13.9 Å². The minimum absolute atomic E-state index is 0.111. The zero-order valence-corrected chi connectivity index (χ0v) is 16.3. The number of aryl methyl sites for hydroxylation is 1. The summed E-state index contributed by atoms with van der Waals surface area (Å²) < 4.78 is 26.2. The van der Waals surface area contributed by atoms with E-state index in [1.807, 2.05) is 48.5 Å². The van der Waals surface area contributed by atoms with E-state index in [2.05, 4.69) is 13.2 Å². The highest BCUT2D eigenvalue weighted by Gasteiger charge is 2.20. The molecule has 0 N–H and O–H groups in total. The molecule has 3 heteroatoms. The molecule has 0 bridgehead atoms. The van der Waals surface area contributed by atoms with Crippen LogP contribution in [0, 0.1) is 0 Å². The minimum Gasteiger partial charge on any atom is -0.494 e. The first-order chi connectivity index (χ1) is 13.7. The molecule has 2 aromatic carbocycles. The van der Waals surface area contributed by atoms with Gasteiger partial charge in [-0.15, -0.1) is 0 Å². The fourth-order valence-corrected chi connectivity index (χ4v) is 3.36. The first-order valence-corrected chi connectivity index (χ1v) is 9.83. The maximum absolute atomic E-state index is 15.0. The number of hydrogen-bond acceptors (Lipinski definition) is 2. The average molecular weight is 378 g/mol. The van der Waals surface area contributed by atoms with Crippen molar-refractivity contribution in [3.63, 3.8) is 0 Å². The lowest BCUT2D eigenvalue weighted by molar-refractivity contribution is 0.214. The largest absolute Gasteiger partial charge is 0.494 e. The Morgan fingerprint density at radius 2 is 1.79 bits per heavy atom. The van der Waals surface area contributed by atoms with Crippen molar-refractivity contribution in [2.24, 2.45) is 0 Å². The Bertz CT molecular complexity index is 852. The number of unbranched alkanes of at least 4 members (excludes halogenated alkanes) is 2. The Kier molecular flexibility index (Phi) is 7.07. The van der Waals surface area contributed by atoms with Crippen LogP contribution in [0.15, 0.2) is 73.5 Å². The highest BCUT2D eigenvalue weighted by atomic mass is 19.1. The monoisotopic (exact) mass is 378 g/mol. The van der Waals surface area contributed by atoms with E-state index in [0.717, 1.165) is 48.1 Å². The van der Waals surface area contributed by atoms with Gasteiger partial charge in [-0.3, -0.25) is 0 Å². The van der Waals surface area contributed by atoms with Gasteiger partial charge in [-0.05, 0) is 73.1 Å². The normalized spacial score (nSPS) is 13.0. The van der Waals surface area contributed by atoms with Crippen LogP contribution in [0.5, 0.6) is 5.75 Å². The Hall–Kier alpha value is -2.81. The van der Waals surface area contributed by atoms with Crippen molar-refractivity contribution in [1.29, 1.82) is 0 Å². The maximum atomic E-state index is 15.0. The van der Waals surface area contributed by atoms with Crippen LogP contribution in [0.25, 0.3) is 11.4 Å². The van der Waals surface area contributed by atoms with Crippen molar-refractivity contribution in [2.75, 3.05) is 13.2 Å². The second kappa shape index (κ2) is 9.93. The highest BCUT2D eigenvalue weighted by Crippen LogP contribution is 2.38. The lowest BCUT2D eigenvalue weighted by Crippen LogP contribution is -2.04. The number of allylic oxidation sites excluding steroid dienone is 2. The van der Waals surface area contributed by atoms with Gasteiger partial charge < -0.3 is 9.47 Å². The van der Waals surface area contributed by atoms with Crippen LogP contribution >= 0.6 is 0 Å². The number of hydrogen-bond donors (Lipinski definition) is 0. The third-order valence-corrected chi connectivity index (χ3v) is 4.92. The molecule has 0 fully saturated rings. The van der Waals surface area contributed by atoms with Crippen LogP contribution in [0.1, 0.15) is 42.4 Å². The second-order valence-electron chi connectivity index (χ2n) is 6.91. The molecule has 1 aliphatic carbocycles. The molecule has 0 heterocycles. The summed E-state index contributed by atoms with van der Waals surface area (Å²) in [5.41, 5.74) is 3.47. The van der Waals surface area contributed by atoms with Gasteiger partial charge in [-0.2, -0.15) is 0 Å². The summed E-state index contributed by atoms with van der Waals surface area (Å²) in [4.78, 5) is 0. The summed E-state index contributed by atoms with van der Waals surface area (Å²) in [6.45, 7) is 8.62. The molecule has 3 rings (SSSR count). The van der Waals surface area contributed by atoms with Crippen LogP contribution < -0.4 is 4.74 Å². The number of benzene rings is 2. The van der Waals surface area contributed by atoms with Gasteiger partial charge in [-0.1, -0.05) is 43.5 Å². The topological polar surface area (TPSA) is 18.5 Å². The highest BCUT2D eigenvalue weighted by molar-refractivity contribution is 5.90. The third-order valence-electron chi connectivity index (χ3n) is 4.92. The number of ether oxygens (including phenoxy) is 2. The minimum atomic E-state index is -0.111. The maximum Gasteiger partial charge on any atom is 0.134 e. The van der Waals surface area contributed by atoms with Crippen LogP contribution in [-0.2, 0) is 11.2 Å². The molecule has 2 nitrogen and oxygen atoms in total. The number of halogens is 1. The van der Waals surface area contributed by atoms with E-state index in [0.29, 0.717) is 31.0 Å². The van der Waals surface area contributed by atoms with Crippen LogP contribution in [0.3, 0.4) is 0 Å². The zero-order valence-electron chi connectivity index (χ0n) is 16.3. The van der Waals surface area contributed by atoms with Gasteiger partial charge in [0.15, 0.2) is 0 Å². The Morgan fingerprint density at radius 3 is 2.57 bits per heavy atom. The van der Waals surface area contributed by atoms with E-state index in [1.165, 1.54) is 0 Å². The quantitative estimate of drug-likeness (QED) is 0.259. The summed E-state index contributed by atoms with van der Waals surface area (Å²) in [5, 5.41) is 0. The molecular formula is C25H27FO2. The van der Waals surface area contributed by atoms with Gasteiger partial charge in [0.05, 0.1) is 13.2 Å². The molecule has 0 radical (unpaired) electrons. The molecule has 0 amide bonds. The van der Waals surface area contributed by atoms with Gasteiger partial charge in [0.25, 0.3) is 0 Å². The fourth-order valence-electron chi connectivity index (χ4n) is 3.36. The Balaban J connectivity index is 1.52. The molecule has 2 aromatic rings. The summed E-state index contributed by atoms with van der Waals surface area (Å²) in [5.74, 6) is 1.31. The molecule has 0 spiro atoms. The molecule has 0 aromatic heterocycles. The molecule has 0 saturated carbocycles. The number of rotatable bonds is 10. The van der Waals surface area contributed by atoms with Crippen molar-refractivity contribution in [3.8, 4) is 5.75 Å². The van der Waals surface area contributed by atoms with Crippen molar-refractivity contribution in [1.82, 2.24) is 0 Å². The van der Waals surface area contributed by atoms with E-state index in [1.54, 1.807) is 6.08 Å². The average Bonchev–Trinajstić information content (AvgIpc) is 2.73. The lowest BCUT2D eigenvalue weighted by Gasteiger charge is -2.20. The van der Waals surface area contributed by atoms with Gasteiger partial charge >= 0.3 is 0 Å². The summed E-state index contributed by atoms with van der Waals surface area (Å²) in [6.07, 6.45) is 6.08. The molecule has 28 heavy (non-hydrogen) atoms. The standard InChI is InChI=1S/C25H27FO2/c1-3-19(2)27-16-8-5-9-17-28-22-13-15-24-21(18-22)12-14-23(25(24)26)20-10-6-4-7-11-20/h3-4,6-7,10-11,13,15,18H,1-2,5,8-9,12,14,16-17H2. The van der Waals surface area contributed by atoms with Crippen molar-refractivity contribution in [3.05, 3.63) is 90.2 Å². The molecule has 146 valence electrons. The van der Waals surface area contributed by atoms with E-state index in [4.69, 9.17) is 9.47 Å². The summed E-state index contributed by atoms with van der Waals surface area (Å²) in [7, 11) is 0. The van der Waals surface area contributed by atoms with Gasteiger partial charge in [0.1, 0.15) is 17.3 Å². The van der Waals surface area contributed by atoms with Crippen molar-refractivity contribution in [2.45, 2.75) is 32.1 Å². The van der Waals surface area contributed by atoms with E-state index >= 15 is 0 Å². The van der Waals surface area contributed by atoms with E-state index < -0.39 is 0 Å². The van der Waals surface area contributed by atoms with Crippen LogP contribution in [0.2, 0.25) is 0 Å². The SMILES string of the molecule is C=CC(=C)OCCCCCOc1ccc2c(c1)CCC(c1ccccc1)=C2F. The molecule has 0 unspecified atom stereocenters. The fraction of sp³-hybridized carbons (Fsp3) is 0.280. The van der Waals surface area contributed by atoms with E-state index in [9.17, 15) is 4.39 Å². The Morgan fingerprint density at radius 1 is 1.00 bits per heavy atom. The predicted octanol–water partition coefficient (Wildman–Crippen LogP) is 6.74. The van der Waals surface area contributed by atoms with Crippen molar-refractivity contribution >= 4 is 11.4 Å². The van der Waals surface area contributed by atoms with Crippen LogP contribution in [0.4, 0.5) is 4.39 Å². The summed E-state index contributed by atoms with van der Waals surface area (Å²) >= 11 is 0. The number of fused-ring (bicyclic) bond motifs is 1.